The molecule has 0 unspecified atom stereocenters. The molecule has 3 heterocycles. The van der Waals surface area contributed by atoms with Crippen molar-refractivity contribution < 1.29 is 9.59 Å². The van der Waals surface area contributed by atoms with Crippen LogP contribution in [0, 0.1) is 10.9 Å². The van der Waals surface area contributed by atoms with E-state index in [0.29, 0.717) is 49.6 Å². The number of benzene rings is 2. The molecule has 3 N–H and O–H groups in total. The molecule has 2 amide bonds. The van der Waals surface area contributed by atoms with Gasteiger partial charge in [-0.15, -0.1) is 16.8 Å². The van der Waals surface area contributed by atoms with Gasteiger partial charge in [-0.05, 0) is 36.8 Å². The first kappa shape index (κ1) is 32.1. The molecule has 3 aromatic heterocycles. The van der Waals surface area contributed by atoms with Crippen molar-refractivity contribution in [3.8, 4) is 5.69 Å². The number of thiazole rings is 1. The van der Waals surface area contributed by atoms with Gasteiger partial charge in [-0.1, -0.05) is 89.5 Å². The number of H-pyrrole nitrogens is 1. The van der Waals surface area contributed by atoms with Crippen molar-refractivity contribution in [1.82, 2.24) is 34.6 Å². The third kappa shape index (κ3) is 8.25. The number of rotatable bonds is 13. The lowest BCUT2D eigenvalue weighted by atomic mass is 10.2. The maximum atomic E-state index is 13.3. The molecule has 0 fully saturated rings. The van der Waals surface area contributed by atoms with Gasteiger partial charge in [0.1, 0.15) is 16.5 Å². The van der Waals surface area contributed by atoms with Gasteiger partial charge in [0.2, 0.25) is 5.91 Å². The minimum atomic E-state index is -0.355. The van der Waals surface area contributed by atoms with Crippen LogP contribution in [0.2, 0.25) is 0 Å². The van der Waals surface area contributed by atoms with Crippen LogP contribution in [0.4, 0.5) is 5.00 Å². The van der Waals surface area contributed by atoms with Gasteiger partial charge < -0.3 is 20.2 Å². The molecule has 0 aliphatic rings. The number of para-hydroxylation sites is 1. The standard InChI is InChI=1S/C30H28N8O3S4/c1-3-14-37-25(26(41)31-16-20-10-6-4-7-11-20)27(45-30(37)42)33-24(40)18-44-29-36-35-22(38(29)21-12-8-5-9-13-21)17-43-28-32-19(2)15-23(39)34-28/h3-13,15H,1,14,16-18H2,2H3,(H,31,41)(H,33,40)(H,32,34,39). The first-order valence-corrected chi connectivity index (χ1v) is 16.8. The zero-order valence-corrected chi connectivity index (χ0v) is 27.3. The number of amides is 2. The van der Waals surface area contributed by atoms with Crippen molar-refractivity contribution in [2.75, 3.05) is 11.1 Å². The molecule has 0 spiro atoms. The summed E-state index contributed by atoms with van der Waals surface area (Å²) in [6.45, 7) is 6.18. The molecule has 0 radical (unpaired) electrons. The van der Waals surface area contributed by atoms with Gasteiger partial charge in [0.15, 0.2) is 14.3 Å². The highest BCUT2D eigenvalue weighted by Gasteiger charge is 2.22. The molecular formula is C30H28N8O3S4. The van der Waals surface area contributed by atoms with Crippen molar-refractivity contribution in [2.45, 2.75) is 36.1 Å². The lowest BCUT2D eigenvalue weighted by Gasteiger charge is -2.11. The van der Waals surface area contributed by atoms with E-state index >= 15 is 0 Å². The Kier molecular flexibility index (Phi) is 10.8. The molecule has 2 aromatic carbocycles. The highest BCUT2D eigenvalue weighted by atomic mass is 32.2. The molecule has 5 rings (SSSR count). The summed E-state index contributed by atoms with van der Waals surface area (Å²) in [4.78, 5) is 45.5. The molecular weight excluding hydrogens is 649 g/mol. The van der Waals surface area contributed by atoms with Gasteiger partial charge in [-0.25, -0.2) is 4.98 Å². The number of aromatic amines is 1. The Labute approximate surface area is 276 Å². The Hall–Kier alpha value is -4.31. The number of carbonyl (C=O) groups is 2. The summed E-state index contributed by atoms with van der Waals surface area (Å²) < 4.78 is 3.96. The van der Waals surface area contributed by atoms with Gasteiger partial charge in [0.05, 0.1) is 11.5 Å². The number of hydrogen-bond acceptors (Lipinski definition) is 10. The van der Waals surface area contributed by atoms with Crippen LogP contribution in [0.5, 0.6) is 0 Å². The molecule has 0 bridgehead atoms. The predicted octanol–water partition coefficient (Wildman–Crippen LogP) is 5.39. The number of allylic oxidation sites excluding steroid dienone is 1. The summed E-state index contributed by atoms with van der Waals surface area (Å²) in [7, 11) is 0. The maximum Gasteiger partial charge on any atom is 0.271 e. The van der Waals surface area contributed by atoms with Crippen LogP contribution >= 0.6 is 47.1 Å². The topological polar surface area (TPSA) is 140 Å². The summed E-state index contributed by atoms with van der Waals surface area (Å²) in [5.74, 6) is 0.311. The summed E-state index contributed by atoms with van der Waals surface area (Å²) in [6, 6.07) is 20.5. The van der Waals surface area contributed by atoms with Crippen molar-refractivity contribution in [2.24, 2.45) is 0 Å². The van der Waals surface area contributed by atoms with Crippen LogP contribution in [0.1, 0.15) is 27.6 Å². The molecule has 5 aromatic rings. The summed E-state index contributed by atoms with van der Waals surface area (Å²) in [5, 5.41) is 15.9. The zero-order valence-electron chi connectivity index (χ0n) is 24.1. The molecule has 45 heavy (non-hydrogen) atoms. The van der Waals surface area contributed by atoms with Crippen molar-refractivity contribution in [3.05, 3.63) is 116 Å². The fraction of sp³-hybridized carbons (Fsp3) is 0.167. The fourth-order valence-corrected chi connectivity index (χ4v) is 7.18. The van der Waals surface area contributed by atoms with Crippen LogP contribution in [-0.2, 0) is 23.6 Å². The van der Waals surface area contributed by atoms with Gasteiger partial charge in [-0.3, -0.25) is 19.0 Å². The second-order valence-electron chi connectivity index (χ2n) is 9.50. The molecule has 0 atom stereocenters. The van der Waals surface area contributed by atoms with Crippen LogP contribution < -0.4 is 16.2 Å². The predicted molar refractivity (Wildman–Crippen MR) is 181 cm³/mol. The molecule has 0 saturated carbocycles. The smallest absolute Gasteiger partial charge is 0.271 e. The first-order valence-electron chi connectivity index (χ1n) is 13.6. The Morgan fingerprint density at radius 2 is 1.82 bits per heavy atom. The Bertz CT molecular complexity index is 1930. The molecule has 0 aliphatic heterocycles. The molecule has 0 saturated heterocycles. The fourth-order valence-electron chi connectivity index (χ4n) is 4.24. The van der Waals surface area contributed by atoms with E-state index < -0.39 is 0 Å². The van der Waals surface area contributed by atoms with Gasteiger partial charge >= 0.3 is 0 Å². The zero-order chi connectivity index (χ0) is 31.8. The van der Waals surface area contributed by atoms with Crippen molar-refractivity contribution >= 4 is 63.9 Å². The minimum absolute atomic E-state index is 0.00204. The van der Waals surface area contributed by atoms with Crippen LogP contribution in [0.3, 0.4) is 0 Å². The normalized spacial score (nSPS) is 10.9. The SMILES string of the molecule is C=CCn1c(C(=O)NCc2ccccc2)c(NC(=O)CSc2nnc(CSc3nc(C)cc(=O)[nH]3)n2-c2ccccc2)sc1=S. The van der Waals surface area contributed by atoms with Crippen molar-refractivity contribution in [3.63, 3.8) is 0 Å². The highest BCUT2D eigenvalue weighted by Crippen LogP contribution is 2.29. The highest BCUT2D eigenvalue weighted by molar-refractivity contribution is 7.99. The van der Waals surface area contributed by atoms with Crippen LogP contribution in [0.15, 0.2) is 94.5 Å². The summed E-state index contributed by atoms with van der Waals surface area (Å²) >= 11 is 9.21. The van der Waals surface area contributed by atoms with Gasteiger partial charge in [0.25, 0.3) is 11.5 Å². The Morgan fingerprint density at radius 1 is 1.09 bits per heavy atom. The number of nitrogens with one attached hydrogen (secondary N) is 3. The number of nitrogens with zero attached hydrogens (tertiary/aromatic N) is 5. The van der Waals surface area contributed by atoms with E-state index in [9.17, 15) is 14.4 Å². The number of aryl methyl sites for hydroxylation is 1. The third-order valence-corrected chi connectivity index (χ3v) is 9.37. The van der Waals surface area contributed by atoms with Crippen LogP contribution in [-0.4, -0.2) is 46.9 Å². The second kappa shape index (κ2) is 15.1. The maximum absolute atomic E-state index is 13.3. The van der Waals surface area contributed by atoms with E-state index in [1.807, 2.05) is 65.2 Å². The molecule has 0 aliphatic carbocycles. The molecule has 15 heteroatoms. The third-order valence-electron chi connectivity index (χ3n) is 6.20. The lowest BCUT2D eigenvalue weighted by Crippen LogP contribution is -2.27. The number of hydrogen-bond donors (Lipinski definition) is 3. The number of thioether (sulfide) groups is 2. The van der Waals surface area contributed by atoms with Gasteiger partial charge in [-0.2, -0.15) is 0 Å². The first-order chi connectivity index (χ1) is 21.8. The van der Waals surface area contributed by atoms with E-state index in [4.69, 9.17) is 12.2 Å². The van der Waals surface area contributed by atoms with Crippen LogP contribution in [0.25, 0.3) is 5.69 Å². The minimum Gasteiger partial charge on any atom is -0.347 e. The van der Waals surface area contributed by atoms with Crippen molar-refractivity contribution in [1.29, 1.82) is 0 Å². The second-order valence-corrected chi connectivity index (χ2v) is 13.1. The number of anilines is 1. The van der Waals surface area contributed by atoms with E-state index in [2.05, 4.69) is 37.4 Å². The number of carbonyl (C=O) groups excluding carboxylic acids is 2. The quantitative estimate of drug-likeness (QED) is 0.0648. The summed E-state index contributed by atoms with van der Waals surface area (Å²) in [5.41, 5.74) is 2.43. The number of aromatic nitrogens is 6. The van der Waals surface area contributed by atoms with E-state index in [-0.39, 0.29) is 28.8 Å². The monoisotopic (exact) mass is 676 g/mol. The van der Waals surface area contributed by atoms with E-state index in [1.165, 1.54) is 29.6 Å². The van der Waals surface area contributed by atoms with Gasteiger partial charge in [0, 0.05) is 30.5 Å². The molecule has 11 nitrogen and oxygen atoms in total. The Balaban J connectivity index is 1.32. The van der Waals surface area contributed by atoms with E-state index in [1.54, 1.807) is 17.6 Å². The van der Waals surface area contributed by atoms with E-state index in [0.717, 1.165) is 22.6 Å². The average Bonchev–Trinajstić information content (AvgIpc) is 3.58. The largest absolute Gasteiger partial charge is 0.347 e. The Morgan fingerprint density at radius 3 is 2.53 bits per heavy atom. The average molecular weight is 677 g/mol. The molecule has 230 valence electrons. The summed E-state index contributed by atoms with van der Waals surface area (Å²) in [6.07, 6.45) is 1.65. The lowest BCUT2D eigenvalue weighted by molar-refractivity contribution is -0.113.